The van der Waals surface area contributed by atoms with Gasteiger partial charge in [0.15, 0.2) is 5.72 Å². The number of aromatic amines is 1. The summed E-state index contributed by atoms with van der Waals surface area (Å²) in [7, 11) is 0. The predicted molar refractivity (Wildman–Crippen MR) is 276 cm³/mol. The third kappa shape index (κ3) is 25.1. The lowest BCUT2D eigenvalue weighted by atomic mass is 9.78. The Morgan fingerprint density at radius 3 is 1.17 bits per heavy atom. The molecule has 4 atom stereocenters. The van der Waals surface area contributed by atoms with Crippen LogP contribution in [0.2, 0.25) is 0 Å². The molecule has 1 aromatic rings. The zero-order valence-electron chi connectivity index (χ0n) is 43.3. The summed E-state index contributed by atoms with van der Waals surface area (Å²) in [6.45, 7) is 6.91. The van der Waals surface area contributed by atoms with E-state index in [0.717, 1.165) is 57.8 Å². The number of ether oxygens (including phenoxy) is 2. The number of unbranched alkanes of at least 4 members (excludes halogenated alkanes) is 39. The van der Waals surface area contributed by atoms with Crippen LogP contribution in [0.1, 0.15) is 303 Å². The molecule has 0 amide bonds. The van der Waals surface area contributed by atoms with Gasteiger partial charge in [-0.2, -0.15) is 0 Å². The van der Waals surface area contributed by atoms with Crippen LogP contribution in [-0.2, 0) is 15.2 Å². The van der Waals surface area contributed by atoms with Gasteiger partial charge >= 0.3 is 5.69 Å². The monoisotopic (exact) mass is 917 g/mol. The standard InChI is InChI=1S/C57H108N2O6/c1-4-7-10-13-16-19-22-25-28-31-34-37-40-43-47-56(64-50-45-42-39-36-33-30-27-24-21-18-15-12-9-6-3)54(62)52(51-60)65-57(56,59-49-46-53(61)58-55(59)63)48-44-41-38-35-32-29-26-23-20-17-14-11-8-5-2/h46,49,52,54,60,62H,4-45,47-48,50-51H2,1-3H3,(H,58,61,63)/t52-,54-,56-,57-/m1/s1. The zero-order valence-corrected chi connectivity index (χ0v) is 43.3. The van der Waals surface area contributed by atoms with Crippen LogP contribution in [0.3, 0.4) is 0 Å². The van der Waals surface area contributed by atoms with E-state index in [2.05, 4.69) is 25.8 Å². The maximum atomic E-state index is 13.8. The second-order valence-corrected chi connectivity index (χ2v) is 20.6. The molecular formula is C57H108N2O6. The van der Waals surface area contributed by atoms with Gasteiger partial charge < -0.3 is 19.7 Å². The second-order valence-electron chi connectivity index (χ2n) is 20.6. The molecule has 2 rings (SSSR count). The maximum absolute atomic E-state index is 13.8. The molecule has 8 nitrogen and oxygen atoms in total. The molecule has 0 aromatic carbocycles. The van der Waals surface area contributed by atoms with Gasteiger partial charge in [0, 0.05) is 18.9 Å². The topological polar surface area (TPSA) is 114 Å². The first-order chi connectivity index (χ1) is 31.9. The molecular weight excluding hydrogens is 809 g/mol. The van der Waals surface area contributed by atoms with E-state index in [0.29, 0.717) is 19.4 Å². The van der Waals surface area contributed by atoms with Crippen LogP contribution < -0.4 is 11.2 Å². The van der Waals surface area contributed by atoms with E-state index in [1.165, 1.54) is 229 Å². The molecule has 1 aliphatic heterocycles. The van der Waals surface area contributed by atoms with Crippen molar-refractivity contribution >= 4 is 0 Å². The van der Waals surface area contributed by atoms with Crippen molar-refractivity contribution in [2.45, 2.75) is 327 Å². The molecule has 8 heteroatoms. The molecule has 65 heavy (non-hydrogen) atoms. The van der Waals surface area contributed by atoms with Crippen LogP contribution in [0.25, 0.3) is 0 Å². The van der Waals surface area contributed by atoms with Gasteiger partial charge in [-0.25, -0.2) is 4.79 Å². The van der Waals surface area contributed by atoms with Crippen molar-refractivity contribution in [2.75, 3.05) is 13.2 Å². The summed E-state index contributed by atoms with van der Waals surface area (Å²) in [6.07, 6.45) is 53.3. The summed E-state index contributed by atoms with van der Waals surface area (Å²) in [5.74, 6) is 0. The number of nitrogens with one attached hydrogen (secondary N) is 1. The molecule has 2 heterocycles. The van der Waals surface area contributed by atoms with E-state index in [9.17, 15) is 19.8 Å². The van der Waals surface area contributed by atoms with Crippen LogP contribution in [0.15, 0.2) is 21.9 Å². The van der Waals surface area contributed by atoms with Gasteiger partial charge in [-0.15, -0.1) is 0 Å². The van der Waals surface area contributed by atoms with Crippen molar-refractivity contribution in [2.24, 2.45) is 0 Å². The molecule has 3 N–H and O–H groups in total. The Morgan fingerprint density at radius 2 is 0.831 bits per heavy atom. The Labute approximate surface area is 401 Å². The van der Waals surface area contributed by atoms with Gasteiger partial charge in [-0.3, -0.25) is 14.3 Å². The van der Waals surface area contributed by atoms with Crippen molar-refractivity contribution < 1.29 is 19.7 Å². The van der Waals surface area contributed by atoms with Gasteiger partial charge in [0.1, 0.15) is 17.8 Å². The van der Waals surface area contributed by atoms with Crippen molar-refractivity contribution in [3.63, 3.8) is 0 Å². The Bertz CT molecular complexity index is 1320. The quantitative estimate of drug-likeness (QED) is 0.0561. The lowest BCUT2D eigenvalue weighted by molar-refractivity contribution is -0.230. The Morgan fingerprint density at radius 1 is 0.508 bits per heavy atom. The lowest BCUT2D eigenvalue weighted by Crippen LogP contribution is -2.62. The molecule has 0 aliphatic carbocycles. The van der Waals surface area contributed by atoms with Crippen molar-refractivity contribution in [1.82, 2.24) is 9.55 Å². The Hall–Kier alpha value is -1.48. The zero-order chi connectivity index (χ0) is 46.9. The predicted octanol–water partition coefficient (Wildman–Crippen LogP) is 15.9. The molecule has 1 aliphatic rings. The number of rotatable bonds is 48. The third-order valence-electron chi connectivity index (χ3n) is 14.9. The number of nitrogens with zero attached hydrogens (tertiary/aromatic N) is 1. The summed E-state index contributed by atoms with van der Waals surface area (Å²) >= 11 is 0. The fraction of sp³-hybridized carbons (Fsp3) is 0.930. The summed E-state index contributed by atoms with van der Waals surface area (Å²) in [5.41, 5.74) is -3.62. The summed E-state index contributed by atoms with van der Waals surface area (Å²) in [6, 6.07) is 1.38. The van der Waals surface area contributed by atoms with E-state index < -0.39 is 34.8 Å². The van der Waals surface area contributed by atoms with Crippen LogP contribution in [0, 0.1) is 0 Å². The third-order valence-corrected chi connectivity index (χ3v) is 14.9. The SMILES string of the molecule is CCCCCCCCCCCCCCCCO[C@]1(CCCCCCCCCCCCCCCC)[C@H](O)[C@@H](CO)O[C@@]1(CCCCCCCCCCCCCCCC)n1ccc(=O)[nH]c1=O. The molecule has 1 aromatic heterocycles. The molecule has 0 spiro atoms. The molecule has 0 saturated carbocycles. The minimum absolute atomic E-state index is 0.373. The molecule has 0 radical (unpaired) electrons. The summed E-state index contributed by atoms with van der Waals surface area (Å²) in [5, 5.41) is 22.9. The average molecular weight is 917 g/mol. The number of aliphatic hydroxyl groups excluding tert-OH is 2. The number of aromatic nitrogens is 2. The first-order valence-electron chi connectivity index (χ1n) is 28.9. The number of H-pyrrole nitrogens is 1. The molecule has 0 bridgehead atoms. The fourth-order valence-corrected chi connectivity index (χ4v) is 10.7. The number of hydrogen-bond acceptors (Lipinski definition) is 6. The summed E-state index contributed by atoms with van der Waals surface area (Å²) in [4.78, 5) is 28.7. The van der Waals surface area contributed by atoms with E-state index in [-0.39, 0.29) is 6.61 Å². The average Bonchev–Trinajstić information content (AvgIpc) is 3.54. The van der Waals surface area contributed by atoms with Gasteiger partial charge in [-0.1, -0.05) is 278 Å². The maximum Gasteiger partial charge on any atom is 0.330 e. The highest BCUT2D eigenvalue weighted by Gasteiger charge is 2.67. The highest BCUT2D eigenvalue weighted by Crippen LogP contribution is 2.51. The Balaban J connectivity index is 2.06. The molecule has 1 saturated heterocycles. The Kier molecular flexibility index (Phi) is 37.1. The minimum Gasteiger partial charge on any atom is -0.394 e. The second kappa shape index (κ2) is 40.4. The molecule has 1 fully saturated rings. The van der Waals surface area contributed by atoms with Crippen molar-refractivity contribution in [1.29, 1.82) is 0 Å². The number of aliphatic hydroxyl groups is 2. The van der Waals surface area contributed by atoms with E-state index in [1.807, 2.05) is 0 Å². The van der Waals surface area contributed by atoms with E-state index >= 15 is 0 Å². The van der Waals surface area contributed by atoms with Crippen molar-refractivity contribution in [3.05, 3.63) is 33.1 Å². The van der Waals surface area contributed by atoms with Crippen LogP contribution in [-0.4, -0.2) is 50.8 Å². The fourth-order valence-electron chi connectivity index (χ4n) is 10.7. The first-order valence-corrected chi connectivity index (χ1v) is 28.9. The highest BCUT2D eigenvalue weighted by atomic mass is 16.6. The van der Waals surface area contributed by atoms with Crippen molar-refractivity contribution in [3.8, 4) is 0 Å². The first kappa shape index (κ1) is 59.6. The van der Waals surface area contributed by atoms with Gasteiger partial charge in [0.2, 0.25) is 0 Å². The van der Waals surface area contributed by atoms with Crippen LogP contribution in [0.5, 0.6) is 0 Å². The van der Waals surface area contributed by atoms with Crippen LogP contribution >= 0.6 is 0 Å². The highest BCUT2D eigenvalue weighted by molar-refractivity contribution is 5.12. The normalized spacial score (nSPS) is 19.8. The lowest BCUT2D eigenvalue weighted by Gasteiger charge is -2.46. The number of hydrogen-bond donors (Lipinski definition) is 3. The van der Waals surface area contributed by atoms with Gasteiger partial charge in [0.05, 0.1) is 6.61 Å². The molecule has 0 unspecified atom stereocenters. The molecule has 382 valence electrons. The van der Waals surface area contributed by atoms with Gasteiger partial charge in [0.25, 0.3) is 5.56 Å². The summed E-state index contributed by atoms with van der Waals surface area (Å²) < 4.78 is 15.4. The van der Waals surface area contributed by atoms with Gasteiger partial charge in [-0.05, 0) is 25.7 Å². The smallest absolute Gasteiger partial charge is 0.330 e. The largest absolute Gasteiger partial charge is 0.394 e. The van der Waals surface area contributed by atoms with E-state index in [1.54, 1.807) is 0 Å². The van der Waals surface area contributed by atoms with Crippen LogP contribution in [0.4, 0.5) is 0 Å². The minimum atomic E-state index is -1.36. The van der Waals surface area contributed by atoms with E-state index in [4.69, 9.17) is 9.47 Å².